The summed E-state index contributed by atoms with van der Waals surface area (Å²) in [6, 6.07) is 5.16. The lowest BCUT2D eigenvalue weighted by molar-refractivity contribution is -0.138. The van der Waals surface area contributed by atoms with Crippen LogP contribution in [-0.4, -0.2) is 53.0 Å². The van der Waals surface area contributed by atoms with Crippen LogP contribution in [0.25, 0.3) is 0 Å². The molecule has 0 bridgehead atoms. The van der Waals surface area contributed by atoms with Gasteiger partial charge in [-0.25, -0.2) is 9.59 Å². The largest absolute Gasteiger partial charge is 0.514 e. The molecule has 0 aliphatic heterocycles. The highest BCUT2D eigenvalue weighted by molar-refractivity contribution is 5.88. The van der Waals surface area contributed by atoms with Crippen LogP contribution in [0.1, 0.15) is 47.1 Å². The minimum atomic E-state index is -1.21. The second-order valence-corrected chi connectivity index (χ2v) is 8.72. The van der Waals surface area contributed by atoms with Crippen molar-refractivity contribution in [3.05, 3.63) is 29.8 Å². The van der Waals surface area contributed by atoms with E-state index in [1.54, 1.807) is 53.7 Å². The highest BCUT2D eigenvalue weighted by atomic mass is 16.7. The van der Waals surface area contributed by atoms with E-state index in [-0.39, 0.29) is 12.2 Å². The second kappa shape index (κ2) is 10.6. The molecule has 0 aromatic heterocycles. The van der Waals surface area contributed by atoms with E-state index in [0.717, 1.165) is 0 Å². The van der Waals surface area contributed by atoms with Gasteiger partial charge in [-0.15, -0.1) is 0 Å². The molecule has 3 N–H and O–H groups in total. The molecule has 0 saturated heterocycles. The Bertz CT molecular complexity index is 791. The van der Waals surface area contributed by atoms with E-state index in [9.17, 15) is 19.2 Å². The second-order valence-electron chi connectivity index (χ2n) is 8.72. The van der Waals surface area contributed by atoms with Crippen molar-refractivity contribution in [1.29, 1.82) is 0 Å². The topological polar surface area (TPSA) is 140 Å². The Kier molecular flexibility index (Phi) is 8.84. The SMILES string of the molecule is CC(C)(C)OC(=O)NC(Cc1ccc(OC(=O)OC(C)(C)C)cc1)C(=O)NCC(=O)O. The van der Waals surface area contributed by atoms with Crippen molar-refractivity contribution < 1.29 is 38.5 Å². The Hall–Kier alpha value is -3.30. The minimum Gasteiger partial charge on any atom is -0.480 e. The molecule has 1 atom stereocenters. The van der Waals surface area contributed by atoms with Crippen LogP contribution in [0.5, 0.6) is 5.75 Å². The molecule has 0 spiro atoms. The summed E-state index contributed by atoms with van der Waals surface area (Å²) in [7, 11) is 0. The predicted octanol–water partition coefficient (Wildman–Crippen LogP) is 2.64. The molecular weight excluding hydrogens is 408 g/mol. The van der Waals surface area contributed by atoms with E-state index >= 15 is 0 Å². The lowest BCUT2D eigenvalue weighted by Gasteiger charge is -2.23. The molecule has 10 nitrogen and oxygen atoms in total. The first-order valence-corrected chi connectivity index (χ1v) is 9.63. The molecule has 1 rings (SSSR count). The number of hydrogen-bond acceptors (Lipinski definition) is 7. The maximum Gasteiger partial charge on any atom is 0.514 e. The van der Waals surface area contributed by atoms with Gasteiger partial charge in [-0.1, -0.05) is 12.1 Å². The summed E-state index contributed by atoms with van der Waals surface area (Å²) in [6.07, 6.45) is -1.61. The van der Waals surface area contributed by atoms with Gasteiger partial charge in [-0.2, -0.15) is 0 Å². The average molecular weight is 438 g/mol. The number of hydrogen-bond donors (Lipinski definition) is 3. The van der Waals surface area contributed by atoms with Gasteiger partial charge in [0.15, 0.2) is 0 Å². The summed E-state index contributed by atoms with van der Waals surface area (Å²) in [5.74, 6) is -1.65. The lowest BCUT2D eigenvalue weighted by atomic mass is 10.1. The molecule has 0 fully saturated rings. The van der Waals surface area contributed by atoms with E-state index in [2.05, 4.69) is 10.6 Å². The van der Waals surface area contributed by atoms with E-state index in [1.807, 2.05) is 0 Å². The summed E-state index contributed by atoms with van der Waals surface area (Å²) in [6.45, 7) is 9.58. The molecule has 1 aromatic rings. The molecule has 0 aliphatic carbocycles. The first-order chi connectivity index (χ1) is 14.1. The molecule has 10 heteroatoms. The van der Waals surface area contributed by atoms with Gasteiger partial charge in [-0.3, -0.25) is 9.59 Å². The zero-order valence-corrected chi connectivity index (χ0v) is 18.6. The summed E-state index contributed by atoms with van der Waals surface area (Å²) < 4.78 is 15.3. The van der Waals surface area contributed by atoms with Crippen LogP contribution in [0.2, 0.25) is 0 Å². The van der Waals surface area contributed by atoms with Gasteiger partial charge in [0, 0.05) is 6.42 Å². The van der Waals surface area contributed by atoms with Crippen LogP contribution in [0.15, 0.2) is 24.3 Å². The number of ether oxygens (including phenoxy) is 3. The molecule has 0 saturated carbocycles. The van der Waals surface area contributed by atoms with Crippen LogP contribution in [-0.2, 0) is 25.5 Å². The van der Waals surface area contributed by atoms with E-state index < -0.39 is 47.9 Å². The van der Waals surface area contributed by atoms with Crippen LogP contribution in [0.4, 0.5) is 9.59 Å². The van der Waals surface area contributed by atoms with Gasteiger partial charge in [0.05, 0.1) is 0 Å². The van der Waals surface area contributed by atoms with Gasteiger partial charge in [0.1, 0.15) is 29.5 Å². The zero-order valence-electron chi connectivity index (χ0n) is 18.6. The number of aliphatic carboxylic acids is 1. The number of benzene rings is 1. The first kappa shape index (κ1) is 25.7. The van der Waals surface area contributed by atoms with Crippen LogP contribution in [0.3, 0.4) is 0 Å². The standard InChI is InChI=1S/C21H30N2O8/c1-20(2,3)30-18(27)23-15(17(26)22-12-16(24)25)11-13-7-9-14(10-8-13)29-19(28)31-21(4,5)6/h7-10,15H,11-12H2,1-6H3,(H,22,26)(H,23,27)(H,24,25). The lowest BCUT2D eigenvalue weighted by Crippen LogP contribution is -2.50. The fourth-order valence-corrected chi connectivity index (χ4v) is 2.24. The minimum absolute atomic E-state index is 0.0530. The van der Waals surface area contributed by atoms with E-state index in [4.69, 9.17) is 19.3 Å². The molecule has 0 heterocycles. The Morgan fingerprint density at radius 2 is 1.48 bits per heavy atom. The Labute approximate surface area is 181 Å². The third-order valence-corrected chi connectivity index (χ3v) is 3.38. The number of alkyl carbamates (subject to hydrolysis) is 1. The van der Waals surface area contributed by atoms with Gasteiger partial charge in [-0.05, 0) is 59.2 Å². The maximum absolute atomic E-state index is 12.4. The van der Waals surface area contributed by atoms with Crippen molar-refractivity contribution >= 4 is 24.1 Å². The summed E-state index contributed by atoms with van der Waals surface area (Å²) in [5.41, 5.74) is -0.837. The Balaban J connectivity index is 2.85. The maximum atomic E-state index is 12.4. The number of amides is 2. The molecule has 0 radical (unpaired) electrons. The third kappa shape index (κ3) is 11.5. The number of rotatable bonds is 7. The smallest absolute Gasteiger partial charge is 0.480 e. The van der Waals surface area contributed by atoms with Gasteiger partial charge < -0.3 is 30.0 Å². The predicted molar refractivity (Wildman–Crippen MR) is 111 cm³/mol. The summed E-state index contributed by atoms with van der Waals surface area (Å²) >= 11 is 0. The fourth-order valence-electron chi connectivity index (χ4n) is 2.24. The Morgan fingerprint density at radius 1 is 0.935 bits per heavy atom. The van der Waals surface area contributed by atoms with Gasteiger partial charge in [0.25, 0.3) is 0 Å². The number of nitrogens with one attached hydrogen (secondary N) is 2. The molecular formula is C21H30N2O8. The number of carbonyl (C=O) groups is 4. The normalized spacial score (nSPS) is 12.3. The summed E-state index contributed by atoms with van der Waals surface area (Å²) in [4.78, 5) is 46.9. The average Bonchev–Trinajstić information content (AvgIpc) is 2.57. The van der Waals surface area contributed by atoms with Gasteiger partial charge in [0.2, 0.25) is 5.91 Å². The van der Waals surface area contributed by atoms with Crippen molar-refractivity contribution in [2.75, 3.05) is 6.54 Å². The van der Waals surface area contributed by atoms with E-state index in [0.29, 0.717) is 5.56 Å². The third-order valence-electron chi connectivity index (χ3n) is 3.38. The summed E-state index contributed by atoms with van der Waals surface area (Å²) in [5, 5.41) is 13.4. The highest BCUT2D eigenvalue weighted by Crippen LogP contribution is 2.16. The van der Waals surface area contributed by atoms with Crippen molar-refractivity contribution in [2.45, 2.75) is 65.2 Å². The van der Waals surface area contributed by atoms with Crippen molar-refractivity contribution in [3.63, 3.8) is 0 Å². The number of carbonyl (C=O) groups excluding carboxylic acids is 3. The molecule has 2 amide bonds. The molecule has 31 heavy (non-hydrogen) atoms. The fraction of sp³-hybridized carbons (Fsp3) is 0.524. The highest BCUT2D eigenvalue weighted by Gasteiger charge is 2.25. The van der Waals surface area contributed by atoms with E-state index in [1.165, 1.54) is 12.1 Å². The first-order valence-electron chi connectivity index (χ1n) is 9.63. The molecule has 172 valence electrons. The zero-order chi connectivity index (χ0) is 23.8. The molecule has 0 aliphatic rings. The Morgan fingerprint density at radius 3 is 1.97 bits per heavy atom. The van der Waals surface area contributed by atoms with Gasteiger partial charge >= 0.3 is 18.2 Å². The quantitative estimate of drug-likeness (QED) is 0.436. The van der Waals surface area contributed by atoms with Crippen molar-refractivity contribution in [1.82, 2.24) is 10.6 Å². The monoisotopic (exact) mass is 438 g/mol. The van der Waals surface area contributed by atoms with Crippen LogP contribution in [0, 0.1) is 0 Å². The van der Waals surface area contributed by atoms with Crippen LogP contribution < -0.4 is 15.4 Å². The molecule has 1 unspecified atom stereocenters. The number of carboxylic acid groups (broad SMARTS) is 1. The van der Waals surface area contributed by atoms with Crippen LogP contribution >= 0.6 is 0 Å². The molecule has 1 aromatic carbocycles. The number of carboxylic acids is 1. The van der Waals surface area contributed by atoms with Crippen molar-refractivity contribution in [3.8, 4) is 5.75 Å². The van der Waals surface area contributed by atoms with Crippen molar-refractivity contribution in [2.24, 2.45) is 0 Å².